The number of carbonyl (C=O) groups is 3. The third-order valence-corrected chi connectivity index (χ3v) is 7.10. The maximum atomic E-state index is 13.0. The van der Waals surface area contributed by atoms with E-state index in [2.05, 4.69) is 26.6 Å². The van der Waals surface area contributed by atoms with Crippen LogP contribution in [0, 0.1) is 13.8 Å². The second kappa shape index (κ2) is 10.1. The summed E-state index contributed by atoms with van der Waals surface area (Å²) in [5.74, 6) is -0.994. The molecule has 9 heteroatoms. The number of para-hydroxylation sites is 1. The highest BCUT2D eigenvalue weighted by Crippen LogP contribution is 2.29. The molecule has 1 aliphatic rings. The highest BCUT2D eigenvalue weighted by Gasteiger charge is 2.35. The van der Waals surface area contributed by atoms with Crippen molar-refractivity contribution in [2.24, 2.45) is 0 Å². The number of urea groups is 1. The van der Waals surface area contributed by atoms with E-state index < -0.39 is 17.8 Å². The van der Waals surface area contributed by atoms with Crippen LogP contribution in [-0.2, 0) is 16.0 Å². The molecule has 180 valence electrons. The number of halogens is 2. The van der Waals surface area contributed by atoms with Gasteiger partial charge in [-0.15, -0.1) is 0 Å². The van der Waals surface area contributed by atoms with Crippen molar-refractivity contribution in [3.63, 3.8) is 0 Å². The van der Waals surface area contributed by atoms with Crippen molar-refractivity contribution in [3.8, 4) is 5.69 Å². The molecule has 2 N–H and O–H groups in total. The molecule has 0 atom stereocenters. The van der Waals surface area contributed by atoms with Gasteiger partial charge in [0.15, 0.2) is 0 Å². The lowest BCUT2D eigenvalue weighted by molar-refractivity contribution is -0.127. The average Bonchev–Trinajstić information content (AvgIpc) is 3.25. The predicted octanol–water partition coefficient (Wildman–Crippen LogP) is 5.60. The van der Waals surface area contributed by atoms with Crippen molar-refractivity contribution in [1.82, 2.24) is 14.8 Å². The second-order valence-corrected chi connectivity index (χ2v) is 9.46. The standard InChI is InChI=1S/C26H24BrClN4O3/c1-4-17-7-5-6-8-22(17)29-24(33)14-31-25(34)23(30-26(31)35)12-18-11-15(2)32(16(18)3)19-9-10-20(27)21(28)13-19/h5-13H,4,14H2,1-3H3,(H,29,33)(H,30,35)/b23-12+. The number of hydrogen-bond donors (Lipinski definition) is 2. The number of rotatable bonds is 6. The zero-order chi connectivity index (χ0) is 25.3. The summed E-state index contributed by atoms with van der Waals surface area (Å²) in [5.41, 5.74) is 5.23. The number of imide groups is 1. The Morgan fingerprint density at radius 3 is 2.60 bits per heavy atom. The Kier molecular flexibility index (Phi) is 7.14. The summed E-state index contributed by atoms with van der Waals surface area (Å²) in [6, 6.07) is 14.4. The Bertz CT molecular complexity index is 1380. The molecule has 3 aromatic rings. The summed E-state index contributed by atoms with van der Waals surface area (Å²) in [6.07, 6.45) is 2.38. The molecule has 0 aliphatic carbocycles. The van der Waals surface area contributed by atoms with Crippen LogP contribution in [0.1, 0.15) is 29.4 Å². The maximum absolute atomic E-state index is 13.0. The lowest BCUT2D eigenvalue weighted by Gasteiger charge is -2.13. The molecule has 1 saturated heterocycles. The Morgan fingerprint density at radius 2 is 1.89 bits per heavy atom. The predicted molar refractivity (Wildman–Crippen MR) is 141 cm³/mol. The molecule has 1 fully saturated rings. The first-order valence-corrected chi connectivity index (χ1v) is 12.2. The fraction of sp³-hybridized carbons (Fsp3) is 0.192. The Balaban J connectivity index is 1.54. The first-order valence-electron chi connectivity index (χ1n) is 11.1. The van der Waals surface area contributed by atoms with Crippen LogP contribution in [0.2, 0.25) is 5.02 Å². The molecule has 0 radical (unpaired) electrons. The van der Waals surface area contributed by atoms with Gasteiger partial charge in [-0.3, -0.25) is 9.59 Å². The van der Waals surface area contributed by atoms with Crippen molar-refractivity contribution >= 4 is 57.1 Å². The maximum Gasteiger partial charge on any atom is 0.329 e. The monoisotopic (exact) mass is 554 g/mol. The number of aromatic nitrogens is 1. The van der Waals surface area contributed by atoms with Crippen molar-refractivity contribution in [2.75, 3.05) is 11.9 Å². The molecule has 1 aromatic heterocycles. The molecule has 35 heavy (non-hydrogen) atoms. The Morgan fingerprint density at radius 1 is 1.14 bits per heavy atom. The smallest absolute Gasteiger partial charge is 0.324 e. The number of nitrogens with zero attached hydrogens (tertiary/aromatic N) is 2. The number of carbonyl (C=O) groups excluding carboxylic acids is 3. The van der Waals surface area contributed by atoms with E-state index in [-0.39, 0.29) is 12.2 Å². The van der Waals surface area contributed by atoms with Gasteiger partial charge in [0.05, 0.1) is 5.02 Å². The minimum Gasteiger partial charge on any atom is -0.324 e. The second-order valence-electron chi connectivity index (χ2n) is 8.20. The lowest BCUT2D eigenvalue weighted by Crippen LogP contribution is -2.38. The molecule has 0 unspecified atom stereocenters. The van der Waals surface area contributed by atoms with Crippen LogP contribution in [0.15, 0.2) is 58.7 Å². The lowest BCUT2D eigenvalue weighted by atomic mass is 10.1. The van der Waals surface area contributed by atoms with Crippen molar-refractivity contribution in [1.29, 1.82) is 0 Å². The number of nitrogens with one attached hydrogen (secondary N) is 2. The van der Waals surface area contributed by atoms with Gasteiger partial charge < -0.3 is 15.2 Å². The number of amides is 4. The summed E-state index contributed by atoms with van der Waals surface area (Å²) in [7, 11) is 0. The van der Waals surface area contributed by atoms with Crippen molar-refractivity contribution in [2.45, 2.75) is 27.2 Å². The van der Waals surface area contributed by atoms with Gasteiger partial charge >= 0.3 is 6.03 Å². The number of benzene rings is 2. The average molecular weight is 556 g/mol. The SMILES string of the molecule is CCc1ccccc1NC(=O)CN1C(=O)N/C(=C/c2cc(C)n(-c3ccc(Br)c(Cl)c3)c2C)C1=O. The van der Waals surface area contributed by atoms with Gasteiger partial charge in [-0.25, -0.2) is 9.69 Å². The number of hydrogen-bond acceptors (Lipinski definition) is 3. The third kappa shape index (κ3) is 5.04. The van der Waals surface area contributed by atoms with Crippen LogP contribution in [0.4, 0.5) is 10.5 Å². The zero-order valence-electron chi connectivity index (χ0n) is 19.5. The molecule has 2 heterocycles. The van der Waals surface area contributed by atoms with Crippen molar-refractivity contribution in [3.05, 3.63) is 86.2 Å². The van der Waals surface area contributed by atoms with Crippen molar-refractivity contribution < 1.29 is 14.4 Å². The summed E-state index contributed by atoms with van der Waals surface area (Å²) >= 11 is 9.67. The highest BCUT2D eigenvalue weighted by atomic mass is 79.9. The topological polar surface area (TPSA) is 83.4 Å². The largest absolute Gasteiger partial charge is 0.329 e. The molecule has 4 rings (SSSR count). The van der Waals surface area contributed by atoms with Gasteiger partial charge in [0.2, 0.25) is 5.91 Å². The van der Waals surface area contributed by atoms with E-state index in [1.165, 1.54) is 0 Å². The quantitative estimate of drug-likeness (QED) is 0.307. The van der Waals surface area contributed by atoms with E-state index in [1.807, 2.05) is 67.8 Å². The summed E-state index contributed by atoms with van der Waals surface area (Å²) in [6.45, 7) is 5.48. The van der Waals surface area contributed by atoms with Gasteiger partial charge in [0.25, 0.3) is 5.91 Å². The molecule has 4 amide bonds. The minimum atomic E-state index is -0.631. The molecule has 0 saturated carbocycles. The fourth-order valence-corrected chi connectivity index (χ4v) is 4.53. The number of aryl methyl sites for hydroxylation is 2. The molecule has 0 bridgehead atoms. The first kappa shape index (κ1) is 24.8. The first-order chi connectivity index (χ1) is 16.7. The van der Waals surface area contributed by atoms with Gasteiger partial charge in [0.1, 0.15) is 12.2 Å². The third-order valence-electron chi connectivity index (χ3n) is 5.87. The van der Waals surface area contributed by atoms with Gasteiger partial charge in [-0.05, 0) is 83.7 Å². The van der Waals surface area contributed by atoms with E-state index in [0.29, 0.717) is 10.7 Å². The van der Waals surface area contributed by atoms with Gasteiger partial charge in [0, 0.05) is 27.2 Å². The van der Waals surface area contributed by atoms with E-state index >= 15 is 0 Å². The summed E-state index contributed by atoms with van der Waals surface area (Å²) in [4.78, 5) is 38.9. The zero-order valence-corrected chi connectivity index (χ0v) is 21.8. The van der Waals surface area contributed by atoms with E-state index in [9.17, 15) is 14.4 Å². The van der Waals surface area contributed by atoms with E-state index in [0.717, 1.165) is 44.0 Å². The normalized spacial score (nSPS) is 14.5. The summed E-state index contributed by atoms with van der Waals surface area (Å²) in [5, 5.41) is 5.97. The molecular weight excluding hydrogens is 532 g/mol. The van der Waals surface area contributed by atoms with E-state index in [1.54, 1.807) is 12.1 Å². The Hall–Kier alpha value is -3.36. The molecule has 0 spiro atoms. The highest BCUT2D eigenvalue weighted by molar-refractivity contribution is 9.10. The van der Waals surface area contributed by atoms with Crippen LogP contribution in [0.3, 0.4) is 0 Å². The summed E-state index contributed by atoms with van der Waals surface area (Å²) < 4.78 is 2.82. The van der Waals surface area contributed by atoms with Crippen LogP contribution < -0.4 is 10.6 Å². The van der Waals surface area contributed by atoms with Crippen LogP contribution >= 0.6 is 27.5 Å². The van der Waals surface area contributed by atoms with E-state index in [4.69, 9.17) is 11.6 Å². The molecular formula is C26H24BrClN4O3. The number of anilines is 1. The molecule has 2 aromatic carbocycles. The Labute approximate surface area is 216 Å². The van der Waals surface area contributed by atoms with Crippen LogP contribution in [0.5, 0.6) is 0 Å². The minimum absolute atomic E-state index is 0.117. The van der Waals surface area contributed by atoms with Crippen LogP contribution in [-0.4, -0.2) is 33.9 Å². The van der Waals surface area contributed by atoms with Crippen LogP contribution in [0.25, 0.3) is 11.8 Å². The fourth-order valence-electron chi connectivity index (χ4n) is 4.11. The van der Waals surface area contributed by atoms with Gasteiger partial charge in [-0.1, -0.05) is 36.7 Å². The van der Waals surface area contributed by atoms with Gasteiger partial charge in [-0.2, -0.15) is 0 Å². The molecule has 1 aliphatic heterocycles. The molecule has 7 nitrogen and oxygen atoms in total.